The zero-order valence-electron chi connectivity index (χ0n) is 16.5. The molecular weight excluding hydrogens is 432 g/mol. The monoisotopic (exact) mass is 450 g/mol. The highest BCUT2D eigenvalue weighted by molar-refractivity contribution is 7.99. The van der Waals surface area contributed by atoms with Gasteiger partial charge in [-0.25, -0.2) is 0 Å². The molecule has 1 aromatic heterocycles. The molecule has 2 N–H and O–H groups in total. The third-order valence-corrected chi connectivity index (χ3v) is 6.43. The number of para-hydroxylation sites is 1. The summed E-state index contributed by atoms with van der Waals surface area (Å²) < 4.78 is 10.6. The fourth-order valence-corrected chi connectivity index (χ4v) is 4.72. The van der Waals surface area contributed by atoms with Gasteiger partial charge in [0.15, 0.2) is 11.5 Å². The molecule has 1 amide bonds. The number of amides is 1. The zero-order chi connectivity index (χ0) is 21.2. The molecule has 31 heavy (non-hydrogen) atoms. The zero-order valence-corrected chi connectivity index (χ0v) is 18.1. The van der Waals surface area contributed by atoms with Gasteiger partial charge in [-0.15, -0.1) is 11.8 Å². The fourth-order valence-electron chi connectivity index (χ4n) is 3.54. The van der Waals surface area contributed by atoms with Crippen molar-refractivity contribution >= 4 is 40.2 Å². The molecule has 0 saturated carbocycles. The van der Waals surface area contributed by atoms with Gasteiger partial charge in [0, 0.05) is 38.7 Å². The molecule has 0 aliphatic carbocycles. The van der Waals surface area contributed by atoms with Crippen molar-refractivity contribution in [2.45, 2.75) is 4.90 Å². The minimum absolute atomic E-state index is 0.129. The first-order valence-corrected chi connectivity index (χ1v) is 11.2. The molecule has 1 aliphatic heterocycles. The Morgan fingerprint density at radius 3 is 2.71 bits per heavy atom. The first-order chi connectivity index (χ1) is 15.2. The molecule has 156 valence electrons. The summed E-state index contributed by atoms with van der Waals surface area (Å²) in [5.41, 5.74) is 3.78. The Hall–Kier alpha value is -3.09. The lowest BCUT2D eigenvalue weighted by Gasteiger charge is -2.08. The van der Waals surface area contributed by atoms with Crippen LogP contribution in [-0.4, -0.2) is 30.0 Å². The molecule has 0 spiro atoms. The number of carbonyl (C=O) groups excluding carboxylic acids is 1. The van der Waals surface area contributed by atoms with Gasteiger partial charge in [-0.1, -0.05) is 41.9 Å². The smallest absolute Gasteiger partial charge is 0.251 e. The molecule has 0 saturated heterocycles. The summed E-state index contributed by atoms with van der Waals surface area (Å²) in [6, 6.07) is 21.3. The van der Waals surface area contributed by atoms with Crippen LogP contribution in [0, 0.1) is 0 Å². The number of aromatic nitrogens is 1. The number of thioether (sulfide) groups is 1. The lowest BCUT2D eigenvalue weighted by Crippen LogP contribution is -2.25. The fraction of sp³-hybridized carbons (Fsp3) is 0.125. The van der Waals surface area contributed by atoms with Crippen molar-refractivity contribution in [1.29, 1.82) is 0 Å². The van der Waals surface area contributed by atoms with E-state index in [0.717, 1.165) is 27.4 Å². The van der Waals surface area contributed by atoms with Crippen LogP contribution in [0.3, 0.4) is 0 Å². The molecule has 0 radical (unpaired) electrons. The summed E-state index contributed by atoms with van der Waals surface area (Å²) in [5, 5.41) is 4.86. The minimum atomic E-state index is -0.129. The largest absolute Gasteiger partial charge is 0.454 e. The van der Waals surface area contributed by atoms with E-state index in [-0.39, 0.29) is 12.7 Å². The Morgan fingerprint density at radius 1 is 1.03 bits per heavy atom. The van der Waals surface area contributed by atoms with Crippen molar-refractivity contribution in [1.82, 2.24) is 10.3 Å². The van der Waals surface area contributed by atoms with Gasteiger partial charge in [-0.2, -0.15) is 0 Å². The number of ether oxygens (including phenoxy) is 2. The molecule has 0 atom stereocenters. The Kier molecular flexibility index (Phi) is 5.49. The standard InChI is InChI=1S/C24H19ClN2O3S/c25-17-8-5-15(6-9-17)22-23(18-3-1-2-4-19(18)27-22)31-12-11-26-24(28)16-7-10-20-21(13-16)30-14-29-20/h1-10,13,27H,11-12,14H2,(H,26,28). The Bertz CT molecular complexity index is 1250. The highest BCUT2D eigenvalue weighted by Crippen LogP contribution is 2.38. The Balaban J connectivity index is 1.29. The molecule has 0 fully saturated rings. The molecule has 0 unspecified atom stereocenters. The average molecular weight is 451 g/mol. The van der Waals surface area contributed by atoms with Crippen molar-refractivity contribution in [2.75, 3.05) is 19.1 Å². The lowest BCUT2D eigenvalue weighted by molar-refractivity contribution is 0.0955. The van der Waals surface area contributed by atoms with Crippen LogP contribution in [0.4, 0.5) is 0 Å². The SMILES string of the molecule is O=C(NCCSc1c(-c2ccc(Cl)cc2)[nH]c2ccccc12)c1ccc2c(c1)OCO2. The lowest BCUT2D eigenvalue weighted by atomic mass is 10.1. The summed E-state index contributed by atoms with van der Waals surface area (Å²) in [6.45, 7) is 0.731. The molecular formula is C24H19ClN2O3S. The number of carbonyl (C=O) groups is 1. The third-order valence-electron chi connectivity index (χ3n) is 5.06. The van der Waals surface area contributed by atoms with Gasteiger partial charge in [-0.3, -0.25) is 4.79 Å². The number of aromatic amines is 1. The molecule has 5 rings (SSSR count). The van der Waals surface area contributed by atoms with E-state index in [0.29, 0.717) is 28.6 Å². The van der Waals surface area contributed by atoms with Crippen molar-refractivity contribution in [2.24, 2.45) is 0 Å². The van der Waals surface area contributed by atoms with Gasteiger partial charge in [0.1, 0.15) is 0 Å². The second-order valence-corrected chi connectivity index (χ2v) is 8.60. The van der Waals surface area contributed by atoms with E-state index < -0.39 is 0 Å². The van der Waals surface area contributed by atoms with Crippen LogP contribution in [0.2, 0.25) is 5.02 Å². The van der Waals surface area contributed by atoms with Crippen LogP contribution >= 0.6 is 23.4 Å². The van der Waals surface area contributed by atoms with E-state index in [1.807, 2.05) is 36.4 Å². The number of benzene rings is 3. The van der Waals surface area contributed by atoms with Crippen molar-refractivity contribution < 1.29 is 14.3 Å². The van der Waals surface area contributed by atoms with Crippen molar-refractivity contribution in [3.05, 3.63) is 77.3 Å². The highest BCUT2D eigenvalue weighted by Gasteiger charge is 2.17. The maximum absolute atomic E-state index is 12.5. The Labute approximate surface area is 188 Å². The van der Waals surface area contributed by atoms with Gasteiger partial charge in [0.2, 0.25) is 6.79 Å². The van der Waals surface area contributed by atoms with Crippen LogP contribution in [0.25, 0.3) is 22.2 Å². The van der Waals surface area contributed by atoms with E-state index in [2.05, 4.69) is 22.4 Å². The molecule has 5 nitrogen and oxygen atoms in total. The second kappa shape index (κ2) is 8.57. The van der Waals surface area contributed by atoms with Gasteiger partial charge < -0.3 is 19.8 Å². The molecule has 7 heteroatoms. The number of hydrogen-bond donors (Lipinski definition) is 2. The van der Waals surface area contributed by atoms with Gasteiger partial charge in [-0.05, 0) is 42.0 Å². The van der Waals surface area contributed by atoms with E-state index in [1.54, 1.807) is 30.0 Å². The van der Waals surface area contributed by atoms with Crippen LogP contribution in [-0.2, 0) is 0 Å². The van der Waals surface area contributed by atoms with E-state index in [1.165, 1.54) is 5.39 Å². The number of H-pyrrole nitrogens is 1. The molecule has 2 heterocycles. The van der Waals surface area contributed by atoms with Gasteiger partial charge >= 0.3 is 0 Å². The predicted octanol–water partition coefficient (Wildman–Crippen LogP) is 5.74. The Morgan fingerprint density at radius 2 is 1.84 bits per heavy atom. The topological polar surface area (TPSA) is 63.4 Å². The summed E-state index contributed by atoms with van der Waals surface area (Å²) in [6.07, 6.45) is 0. The van der Waals surface area contributed by atoms with Crippen molar-refractivity contribution in [3.8, 4) is 22.8 Å². The van der Waals surface area contributed by atoms with Gasteiger partial charge in [0.05, 0.1) is 5.69 Å². The first kappa shape index (κ1) is 19.8. The molecule has 0 bridgehead atoms. The van der Waals surface area contributed by atoms with Crippen LogP contribution in [0.5, 0.6) is 11.5 Å². The predicted molar refractivity (Wildman–Crippen MR) is 124 cm³/mol. The van der Waals surface area contributed by atoms with Crippen LogP contribution < -0.4 is 14.8 Å². The number of hydrogen-bond acceptors (Lipinski definition) is 4. The number of fused-ring (bicyclic) bond motifs is 2. The highest BCUT2D eigenvalue weighted by atomic mass is 35.5. The molecule has 4 aromatic rings. The van der Waals surface area contributed by atoms with E-state index >= 15 is 0 Å². The maximum atomic E-state index is 12.5. The first-order valence-electron chi connectivity index (χ1n) is 9.86. The summed E-state index contributed by atoms with van der Waals surface area (Å²) in [7, 11) is 0. The number of halogens is 1. The van der Waals surface area contributed by atoms with Crippen LogP contribution in [0.1, 0.15) is 10.4 Å². The quantitative estimate of drug-likeness (QED) is 0.290. The summed E-state index contributed by atoms with van der Waals surface area (Å²) in [4.78, 5) is 17.2. The van der Waals surface area contributed by atoms with E-state index in [9.17, 15) is 4.79 Å². The number of nitrogens with one attached hydrogen (secondary N) is 2. The third kappa shape index (κ3) is 4.09. The maximum Gasteiger partial charge on any atom is 0.251 e. The second-order valence-electron chi connectivity index (χ2n) is 7.05. The average Bonchev–Trinajstić information content (AvgIpc) is 3.41. The van der Waals surface area contributed by atoms with Crippen LogP contribution in [0.15, 0.2) is 71.6 Å². The normalized spacial score (nSPS) is 12.3. The summed E-state index contributed by atoms with van der Waals surface area (Å²) in [5.74, 6) is 1.88. The number of rotatable bonds is 6. The van der Waals surface area contributed by atoms with E-state index in [4.69, 9.17) is 21.1 Å². The van der Waals surface area contributed by atoms with Crippen molar-refractivity contribution in [3.63, 3.8) is 0 Å². The summed E-state index contributed by atoms with van der Waals surface area (Å²) >= 11 is 7.78. The molecule has 1 aliphatic rings. The minimum Gasteiger partial charge on any atom is -0.454 e. The van der Waals surface area contributed by atoms with Gasteiger partial charge in [0.25, 0.3) is 5.91 Å². The molecule has 3 aromatic carbocycles.